The van der Waals surface area contributed by atoms with E-state index < -0.39 is 11.7 Å². The van der Waals surface area contributed by atoms with Gasteiger partial charge in [-0.3, -0.25) is 9.48 Å². The molecule has 7 nitrogen and oxygen atoms in total. The van der Waals surface area contributed by atoms with Gasteiger partial charge in [-0.25, -0.2) is 9.67 Å². The van der Waals surface area contributed by atoms with E-state index in [-0.39, 0.29) is 29.5 Å². The van der Waals surface area contributed by atoms with E-state index in [9.17, 15) is 18.0 Å². The number of aromatic nitrogens is 5. The van der Waals surface area contributed by atoms with Crippen LogP contribution in [0.3, 0.4) is 0 Å². The number of carbonyl (C=O) groups is 1. The first kappa shape index (κ1) is 26.0. The second-order valence-corrected chi connectivity index (χ2v) is 9.75. The number of halogens is 4. The molecule has 1 amide bonds. The van der Waals surface area contributed by atoms with Gasteiger partial charge in [-0.05, 0) is 49.6 Å². The molecular formula is C27H26ClF3N6O. The van der Waals surface area contributed by atoms with Crippen molar-refractivity contribution in [1.82, 2.24) is 29.4 Å². The van der Waals surface area contributed by atoms with E-state index in [2.05, 4.69) is 10.1 Å². The number of rotatable bonds is 5. The number of nitrogens with zero attached hydrogens (tertiary/aromatic N) is 6. The number of benzene rings is 2. The molecule has 4 aromatic rings. The summed E-state index contributed by atoms with van der Waals surface area (Å²) in [5, 5.41) is 9.71. The van der Waals surface area contributed by atoms with E-state index in [0.29, 0.717) is 24.3 Å². The molecule has 2 aromatic heterocycles. The Hall–Kier alpha value is -3.66. The number of fused-ring (bicyclic) bond motifs is 1. The van der Waals surface area contributed by atoms with E-state index in [0.717, 1.165) is 34.6 Å². The second kappa shape index (κ2) is 9.90. The fourth-order valence-electron chi connectivity index (χ4n) is 5.24. The van der Waals surface area contributed by atoms with Crippen LogP contribution in [0.1, 0.15) is 60.2 Å². The van der Waals surface area contributed by atoms with E-state index >= 15 is 0 Å². The number of amides is 1. The van der Waals surface area contributed by atoms with Gasteiger partial charge in [-0.15, -0.1) is 5.10 Å². The Morgan fingerprint density at radius 1 is 1.08 bits per heavy atom. The summed E-state index contributed by atoms with van der Waals surface area (Å²) in [6, 6.07) is 11.9. The van der Waals surface area contributed by atoms with Gasteiger partial charge in [-0.1, -0.05) is 43.6 Å². The van der Waals surface area contributed by atoms with Crippen molar-refractivity contribution in [3.63, 3.8) is 0 Å². The minimum absolute atomic E-state index is 0.0752. The van der Waals surface area contributed by atoms with Crippen molar-refractivity contribution in [3.8, 4) is 16.9 Å². The first-order valence-corrected chi connectivity index (χ1v) is 12.7. The molecule has 2 aromatic carbocycles. The van der Waals surface area contributed by atoms with Crippen molar-refractivity contribution in [3.05, 3.63) is 82.5 Å². The summed E-state index contributed by atoms with van der Waals surface area (Å²) < 4.78 is 42.6. The number of carbonyl (C=O) groups excluding carboxylic acids is 1. The van der Waals surface area contributed by atoms with Gasteiger partial charge >= 0.3 is 6.18 Å². The van der Waals surface area contributed by atoms with Gasteiger partial charge in [0.2, 0.25) is 5.82 Å². The van der Waals surface area contributed by atoms with E-state index in [1.54, 1.807) is 4.90 Å². The maximum absolute atomic E-state index is 13.8. The fourth-order valence-corrected chi connectivity index (χ4v) is 5.43. The SMILES string of the molecule is CCC1Cc2c(nn(C)c2-c2cccc(Cl)c2)C(CC)N1C(=O)c1ncn(-c2cccc(C(F)(F)F)c2)n1. The average molecular weight is 543 g/mol. The third-order valence-corrected chi connectivity index (χ3v) is 7.21. The molecule has 0 N–H and O–H groups in total. The quantitative estimate of drug-likeness (QED) is 0.298. The average Bonchev–Trinajstić information content (AvgIpc) is 3.51. The molecule has 0 aliphatic carbocycles. The molecule has 198 valence electrons. The van der Waals surface area contributed by atoms with Gasteiger partial charge in [0.15, 0.2) is 0 Å². The molecule has 11 heteroatoms. The number of aryl methyl sites for hydroxylation is 1. The lowest BCUT2D eigenvalue weighted by molar-refractivity contribution is -0.137. The number of hydrogen-bond donors (Lipinski definition) is 0. The predicted octanol–water partition coefficient (Wildman–Crippen LogP) is 6.27. The van der Waals surface area contributed by atoms with Crippen molar-refractivity contribution >= 4 is 17.5 Å². The first-order chi connectivity index (χ1) is 18.1. The van der Waals surface area contributed by atoms with E-state index in [4.69, 9.17) is 16.7 Å². The van der Waals surface area contributed by atoms with Crippen LogP contribution >= 0.6 is 11.6 Å². The molecule has 2 unspecified atom stereocenters. The van der Waals surface area contributed by atoms with Crippen LogP contribution < -0.4 is 0 Å². The van der Waals surface area contributed by atoms with Crippen molar-refractivity contribution in [1.29, 1.82) is 0 Å². The second-order valence-electron chi connectivity index (χ2n) is 9.31. The maximum atomic E-state index is 13.8. The molecule has 0 saturated carbocycles. The zero-order chi connectivity index (χ0) is 27.2. The topological polar surface area (TPSA) is 68.8 Å². The molecule has 0 radical (unpaired) electrons. The lowest BCUT2D eigenvalue weighted by atomic mass is 9.87. The number of hydrogen-bond acceptors (Lipinski definition) is 4. The van der Waals surface area contributed by atoms with Crippen LogP contribution in [-0.2, 0) is 19.6 Å². The molecule has 0 spiro atoms. The summed E-state index contributed by atoms with van der Waals surface area (Å²) >= 11 is 6.26. The lowest BCUT2D eigenvalue weighted by Gasteiger charge is -2.40. The summed E-state index contributed by atoms with van der Waals surface area (Å²) in [7, 11) is 1.88. The monoisotopic (exact) mass is 542 g/mol. The Morgan fingerprint density at radius 2 is 1.84 bits per heavy atom. The van der Waals surface area contributed by atoms with E-state index in [1.807, 2.05) is 49.8 Å². The van der Waals surface area contributed by atoms with Gasteiger partial charge in [-0.2, -0.15) is 18.3 Å². The summed E-state index contributed by atoms with van der Waals surface area (Å²) in [5.41, 5.74) is 3.20. The van der Waals surface area contributed by atoms with Gasteiger partial charge in [0.1, 0.15) is 6.33 Å². The molecule has 1 aliphatic rings. The molecule has 0 bridgehead atoms. The van der Waals surface area contributed by atoms with Crippen molar-refractivity contribution in [2.24, 2.45) is 7.05 Å². The Morgan fingerprint density at radius 3 is 2.53 bits per heavy atom. The highest BCUT2D eigenvalue weighted by atomic mass is 35.5. The molecule has 3 heterocycles. The van der Waals surface area contributed by atoms with Crippen LogP contribution in [0.2, 0.25) is 5.02 Å². The summed E-state index contributed by atoms with van der Waals surface area (Å²) in [5.74, 6) is -0.455. The summed E-state index contributed by atoms with van der Waals surface area (Å²) in [6.45, 7) is 4.02. The molecule has 0 saturated heterocycles. The highest BCUT2D eigenvalue weighted by molar-refractivity contribution is 6.30. The normalized spacial score (nSPS) is 17.5. The third-order valence-electron chi connectivity index (χ3n) is 6.97. The fraction of sp³-hybridized carbons (Fsp3) is 0.333. The van der Waals surface area contributed by atoms with Crippen LogP contribution in [0.4, 0.5) is 13.2 Å². The molecule has 1 aliphatic heterocycles. The van der Waals surface area contributed by atoms with Crippen LogP contribution in [0.25, 0.3) is 16.9 Å². The van der Waals surface area contributed by atoms with Gasteiger partial charge in [0, 0.05) is 29.2 Å². The van der Waals surface area contributed by atoms with Crippen LogP contribution in [0, 0.1) is 0 Å². The van der Waals surface area contributed by atoms with Crippen LogP contribution in [0.5, 0.6) is 0 Å². The third kappa shape index (κ3) is 4.57. The minimum atomic E-state index is -4.49. The minimum Gasteiger partial charge on any atom is -0.324 e. The van der Waals surface area contributed by atoms with Gasteiger partial charge in [0.05, 0.1) is 28.7 Å². The molecule has 0 fully saturated rings. The molecule has 38 heavy (non-hydrogen) atoms. The first-order valence-electron chi connectivity index (χ1n) is 12.4. The molecular weight excluding hydrogens is 517 g/mol. The molecule has 2 atom stereocenters. The predicted molar refractivity (Wildman–Crippen MR) is 137 cm³/mol. The van der Waals surface area contributed by atoms with Crippen molar-refractivity contribution in [2.75, 3.05) is 0 Å². The Labute approximate surface area is 222 Å². The largest absolute Gasteiger partial charge is 0.416 e. The summed E-state index contributed by atoms with van der Waals surface area (Å²) in [6.07, 6.45) is -1.32. The maximum Gasteiger partial charge on any atom is 0.416 e. The molecule has 5 rings (SSSR count). The Bertz CT molecular complexity index is 1490. The highest BCUT2D eigenvalue weighted by Crippen LogP contribution is 2.41. The Kier molecular flexibility index (Phi) is 6.77. The Balaban J connectivity index is 1.51. The highest BCUT2D eigenvalue weighted by Gasteiger charge is 2.41. The van der Waals surface area contributed by atoms with E-state index in [1.165, 1.54) is 23.1 Å². The van der Waals surface area contributed by atoms with Gasteiger partial charge < -0.3 is 4.90 Å². The van der Waals surface area contributed by atoms with Gasteiger partial charge in [0.25, 0.3) is 5.91 Å². The van der Waals surface area contributed by atoms with Crippen molar-refractivity contribution in [2.45, 2.75) is 51.4 Å². The lowest BCUT2D eigenvalue weighted by Crippen LogP contribution is -2.47. The standard InChI is InChI=1S/C27H26ClF3N6O/c1-4-19-14-21-23(33-35(3)24(21)16-8-6-10-18(28)12-16)22(5-2)37(19)26(38)25-32-15-36(34-25)20-11-7-9-17(13-20)27(29,30)31/h6-13,15,19,22H,4-5,14H2,1-3H3. The zero-order valence-electron chi connectivity index (χ0n) is 21.1. The van der Waals surface area contributed by atoms with Crippen LogP contribution in [-0.4, -0.2) is 41.4 Å². The van der Waals surface area contributed by atoms with Crippen LogP contribution in [0.15, 0.2) is 54.9 Å². The number of alkyl halides is 3. The smallest absolute Gasteiger partial charge is 0.324 e. The zero-order valence-corrected chi connectivity index (χ0v) is 21.8. The summed E-state index contributed by atoms with van der Waals surface area (Å²) in [4.78, 5) is 19.7. The van der Waals surface area contributed by atoms with Crippen molar-refractivity contribution < 1.29 is 18.0 Å².